The number of ether oxygens (including phenoxy) is 2. The summed E-state index contributed by atoms with van der Waals surface area (Å²) in [6.07, 6.45) is 6.46. The second-order valence-electron chi connectivity index (χ2n) is 22.9. The summed E-state index contributed by atoms with van der Waals surface area (Å²) in [5, 5.41) is 38.0. The van der Waals surface area contributed by atoms with Crippen molar-refractivity contribution < 1.29 is 58.4 Å². The molecule has 2 aromatic carbocycles. The molecule has 80 heavy (non-hydrogen) atoms. The van der Waals surface area contributed by atoms with Crippen LogP contribution in [0.4, 0.5) is 0 Å². The van der Waals surface area contributed by atoms with Gasteiger partial charge in [0.25, 0.3) is 11.8 Å². The van der Waals surface area contributed by atoms with Gasteiger partial charge in [0.2, 0.25) is 5.91 Å². The van der Waals surface area contributed by atoms with Crippen molar-refractivity contribution in [1.82, 2.24) is 49.4 Å². The van der Waals surface area contributed by atoms with Gasteiger partial charge in [-0.1, -0.05) is 19.9 Å². The van der Waals surface area contributed by atoms with E-state index in [1.165, 1.54) is 0 Å². The Labute approximate surface area is 469 Å². The minimum atomic E-state index is -1.38. The predicted octanol–water partition coefficient (Wildman–Crippen LogP) is 3.52. The molecule has 2 heterocycles. The van der Waals surface area contributed by atoms with Gasteiger partial charge < -0.3 is 49.6 Å². The van der Waals surface area contributed by atoms with Crippen LogP contribution in [-0.4, -0.2) is 247 Å². The molecule has 22 nitrogen and oxygen atoms in total. The monoisotopic (exact) mass is 1110 g/mol. The Bertz CT molecular complexity index is 2600. The number of carboxylic acids is 3. The van der Waals surface area contributed by atoms with Gasteiger partial charge in [-0.2, -0.15) is 5.10 Å². The molecule has 438 valence electrons. The lowest BCUT2D eigenvalue weighted by Crippen LogP contribution is -2.70. The minimum Gasteiger partial charge on any atom is -0.496 e. The van der Waals surface area contributed by atoms with Crippen LogP contribution < -0.4 is 14.8 Å². The lowest BCUT2D eigenvalue weighted by molar-refractivity contribution is -0.163. The maximum atomic E-state index is 14.5. The summed E-state index contributed by atoms with van der Waals surface area (Å²) in [5.41, 5.74) is 1.63. The molecule has 0 radical (unpaired) electrons. The highest BCUT2D eigenvalue weighted by Crippen LogP contribution is 2.58. The third-order valence-corrected chi connectivity index (χ3v) is 17.0. The molecule has 4 bridgehead atoms. The number of nitrogens with zero attached hydrogens (tertiary/aromatic N) is 9. The molecule has 22 heteroatoms. The second-order valence-corrected chi connectivity index (χ2v) is 22.9. The topological polar surface area (TPSA) is 251 Å². The smallest absolute Gasteiger partial charge is 0.330 e. The highest BCUT2D eigenvalue weighted by molar-refractivity contribution is 5.98. The Kier molecular flexibility index (Phi) is 21.3. The molecule has 4 N–H and O–H groups in total. The van der Waals surface area contributed by atoms with Crippen molar-refractivity contribution in [3.63, 3.8) is 0 Å². The van der Waals surface area contributed by atoms with Crippen LogP contribution in [0.1, 0.15) is 91.1 Å². The fourth-order valence-electron chi connectivity index (χ4n) is 12.8. The van der Waals surface area contributed by atoms with Crippen LogP contribution in [0, 0.1) is 23.7 Å². The zero-order chi connectivity index (χ0) is 57.8. The van der Waals surface area contributed by atoms with E-state index < -0.39 is 29.4 Å². The molecule has 0 atom stereocenters. The maximum absolute atomic E-state index is 14.5. The molecular formula is C58H84N10O12. The fraction of sp³-hybridized carbons (Fsp3) is 0.621. The molecule has 4 saturated carbocycles. The van der Waals surface area contributed by atoms with E-state index in [0.29, 0.717) is 137 Å². The van der Waals surface area contributed by atoms with E-state index in [-0.39, 0.29) is 61.4 Å². The zero-order valence-electron chi connectivity index (χ0n) is 47.8. The number of methoxy groups -OCH3 is 2. The van der Waals surface area contributed by atoms with Gasteiger partial charge in [-0.05, 0) is 137 Å². The number of amides is 3. The number of aromatic nitrogens is 2. The number of aldehydes is 1. The van der Waals surface area contributed by atoms with E-state index in [2.05, 4.69) is 10.2 Å². The molecule has 1 saturated heterocycles. The number of carbonyl (C=O) groups excluding carboxylic acids is 4. The zero-order valence-corrected chi connectivity index (χ0v) is 47.8. The van der Waals surface area contributed by atoms with Gasteiger partial charge in [0.05, 0.1) is 57.3 Å². The molecule has 5 aliphatic rings. The number of nitrogens with one attached hydrogen (secondary N) is 1. The molecule has 0 spiro atoms. The van der Waals surface area contributed by atoms with Crippen molar-refractivity contribution in [2.45, 2.75) is 70.3 Å². The Morgan fingerprint density at radius 2 is 1.21 bits per heavy atom. The number of carboxylic acid groups (broad SMARTS) is 3. The number of aliphatic carboxylic acids is 3. The van der Waals surface area contributed by atoms with Crippen LogP contribution in [-0.2, 0) is 24.0 Å². The predicted molar refractivity (Wildman–Crippen MR) is 299 cm³/mol. The van der Waals surface area contributed by atoms with Gasteiger partial charge in [-0.3, -0.25) is 43.6 Å². The summed E-state index contributed by atoms with van der Waals surface area (Å²) in [5.74, 6) is -2.21. The second kappa shape index (κ2) is 27.8. The summed E-state index contributed by atoms with van der Waals surface area (Å²) in [6.45, 7) is 9.59. The van der Waals surface area contributed by atoms with Gasteiger partial charge in [0.1, 0.15) is 23.3 Å². The van der Waals surface area contributed by atoms with Gasteiger partial charge >= 0.3 is 17.9 Å². The molecule has 3 amide bonds. The lowest BCUT2D eigenvalue weighted by atomic mass is 9.48. The summed E-state index contributed by atoms with van der Waals surface area (Å²) in [7, 11) is 8.64. The van der Waals surface area contributed by atoms with E-state index in [1.807, 2.05) is 42.8 Å². The Morgan fingerprint density at radius 3 is 1.70 bits per heavy atom. The van der Waals surface area contributed by atoms with E-state index in [0.717, 1.165) is 44.0 Å². The van der Waals surface area contributed by atoms with Crippen LogP contribution in [0.15, 0.2) is 42.5 Å². The largest absolute Gasteiger partial charge is 0.496 e. The average molecular weight is 1110 g/mol. The quantitative estimate of drug-likeness (QED) is 0.0886. The van der Waals surface area contributed by atoms with Crippen LogP contribution in [0.3, 0.4) is 0 Å². The average Bonchev–Trinajstić information content (AvgIpc) is 4.03. The van der Waals surface area contributed by atoms with Gasteiger partial charge in [0, 0.05) is 85.1 Å². The minimum absolute atomic E-state index is 0.0481. The number of benzene rings is 2. The normalized spacial score (nSPS) is 22.1. The highest BCUT2D eigenvalue weighted by atomic mass is 16.5. The molecule has 8 rings (SSSR count). The Hall–Kier alpha value is -6.46. The van der Waals surface area contributed by atoms with E-state index in [9.17, 15) is 48.9 Å². The highest BCUT2D eigenvalue weighted by Gasteiger charge is 2.62. The van der Waals surface area contributed by atoms with E-state index in [4.69, 9.17) is 14.6 Å². The first kappa shape index (κ1) is 61.2. The number of rotatable bonds is 25. The van der Waals surface area contributed by atoms with Crippen molar-refractivity contribution in [2.24, 2.45) is 23.7 Å². The summed E-state index contributed by atoms with van der Waals surface area (Å²) < 4.78 is 13.4. The number of carbonyl (C=O) groups is 7. The summed E-state index contributed by atoms with van der Waals surface area (Å²) in [6, 6.07) is 12.5. The first-order valence-corrected chi connectivity index (χ1v) is 28.2. The van der Waals surface area contributed by atoms with Crippen molar-refractivity contribution >= 4 is 41.9 Å². The third kappa shape index (κ3) is 14.9. The molecule has 3 aromatic rings. The van der Waals surface area contributed by atoms with Crippen molar-refractivity contribution in [3.8, 4) is 28.4 Å². The molecule has 0 unspecified atom stereocenters. The molecular weight excluding hydrogens is 1030 g/mol. The summed E-state index contributed by atoms with van der Waals surface area (Å²) >= 11 is 0. The van der Waals surface area contributed by atoms with Gasteiger partial charge in [0.15, 0.2) is 5.69 Å². The molecule has 4 aliphatic carbocycles. The van der Waals surface area contributed by atoms with Crippen LogP contribution in [0.5, 0.6) is 11.5 Å². The molecule has 5 fully saturated rings. The van der Waals surface area contributed by atoms with Crippen LogP contribution in [0.2, 0.25) is 0 Å². The Morgan fingerprint density at radius 1 is 0.700 bits per heavy atom. The van der Waals surface area contributed by atoms with Crippen LogP contribution >= 0.6 is 0 Å². The fourth-order valence-corrected chi connectivity index (χ4v) is 12.8. The maximum Gasteiger partial charge on any atom is 0.330 e. The number of likely N-dealkylation sites (N-methyl/N-ethyl adjacent to an activating group) is 1. The number of hydrogen-bond acceptors (Lipinski definition) is 15. The lowest BCUT2D eigenvalue weighted by Gasteiger charge is -2.59. The standard InChI is InChI=1S/C58H84N10O12/c1-39(2)45-34-42(13-14-47(45)68-48(54-49(79-6)11-8-12-50(54)80-7)35-46(60-68)55(75)59-58(57(77)78)43-30-40-29-41(32-43)33-44(58)31-40)56(76)63(5)18-10-16-61(3)15-9-17-62(4)51(70)36-65-23-25-66(37-52(71)72)21-19-64(27-28-69)20-22-67(26-24-65)38-53(73)74/h8,11-14,28,34-35,39-41,43-44H,9-10,15-27,29-33,36-38H2,1-7H3,(H,59,75)(H,71,72)(H,73,74)(H,77,78). The number of hydrogen-bond donors (Lipinski definition) is 4. The van der Waals surface area contributed by atoms with Crippen molar-refractivity contribution in [2.75, 3.05) is 140 Å². The van der Waals surface area contributed by atoms with Gasteiger partial charge in [-0.15, -0.1) is 0 Å². The third-order valence-electron chi connectivity index (χ3n) is 17.0. The first-order valence-electron chi connectivity index (χ1n) is 28.2. The van der Waals surface area contributed by atoms with E-state index in [1.54, 1.807) is 82.9 Å². The van der Waals surface area contributed by atoms with Crippen molar-refractivity contribution in [1.29, 1.82) is 0 Å². The molecule has 1 aromatic heterocycles. The van der Waals surface area contributed by atoms with Crippen LogP contribution in [0.25, 0.3) is 16.9 Å². The van der Waals surface area contributed by atoms with Crippen molar-refractivity contribution in [3.05, 3.63) is 59.3 Å². The molecule has 1 aliphatic heterocycles. The summed E-state index contributed by atoms with van der Waals surface area (Å²) in [4.78, 5) is 103. The van der Waals surface area contributed by atoms with E-state index >= 15 is 0 Å². The van der Waals surface area contributed by atoms with Gasteiger partial charge in [-0.25, -0.2) is 9.48 Å². The Balaban J connectivity index is 0.966. The first-order chi connectivity index (χ1) is 38.2. The SMILES string of the molecule is COc1cccc(OC)c1-c1cc(C(=O)NC2(C(=O)O)C3CC4CC(C3)CC2C4)nn1-c1ccc(C(=O)N(C)CCCN(C)CCCN(C)C(=O)CN2CCN(CC(=O)O)CCN(CC=O)CCN(CC(=O)O)CC2)cc1C(C)C.